The van der Waals surface area contributed by atoms with Crippen molar-refractivity contribution < 1.29 is 0 Å². The van der Waals surface area contributed by atoms with Gasteiger partial charge in [0.05, 0.1) is 6.20 Å². The van der Waals surface area contributed by atoms with Crippen molar-refractivity contribution >= 4 is 17.4 Å². The number of hydrogen-bond acceptors (Lipinski definition) is 4. The van der Waals surface area contributed by atoms with E-state index in [1.165, 1.54) is 0 Å². The first kappa shape index (κ1) is 11.2. The average Bonchev–Trinajstić information content (AvgIpc) is 2.13. The summed E-state index contributed by atoms with van der Waals surface area (Å²) in [6.45, 7) is 7.32. The molecule has 0 aliphatic heterocycles. The lowest BCUT2D eigenvalue weighted by atomic mass is 10.3. The highest BCUT2D eigenvalue weighted by Gasteiger charge is 2.11. The van der Waals surface area contributed by atoms with Crippen molar-refractivity contribution in [2.24, 2.45) is 0 Å². The van der Waals surface area contributed by atoms with Gasteiger partial charge in [-0.3, -0.25) is 0 Å². The predicted octanol–water partition coefficient (Wildman–Crippen LogP) is 2.15. The molecule has 4 nitrogen and oxygen atoms in total. The largest absolute Gasteiger partial charge is 0.353 e. The molecule has 78 valence electrons. The van der Waals surface area contributed by atoms with Crippen LogP contribution in [0.2, 0.25) is 5.28 Å². The van der Waals surface area contributed by atoms with Crippen molar-refractivity contribution in [2.45, 2.75) is 33.2 Å². The van der Waals surface area contributed by atoms with E-state index >= 15 is 0 Å². The third-order valence-corrected chi connectivity index (χ3v) is 2.06. The van der Waals surface area contributed by atoms with E-state index in [-0.39, 0.29) is 5.28 Å². The number of anilines is 1. The SMILES string of the molecule is CCCN(c1cnnc(Cl)n1)C(C)C. The van der Waals surface area contributed by atoms with Crippen LogP contribution in [-0.2, 0) is 0 Å². The molecular weight excluding hydrogens is 200 g/mol. The molecule has 0 spiro atoms. The molecule has 0 radical (unpaired) electrons. The van der Waals surface area contributed by atoms with Gasteiger partial charge in [-0.2, -0.15) is 10.1 Å². The standard InChI is InChI=1S/C9H15ClN4/c1-4-5-14(7(2)3)8-6-11-13-9(10)12-8/h6-7H,4-5H2,1-3H3. The van der Waals surface area contributed by atoms with Crippen LogP contribution < -0.4 is 4.90 Å². The fourth-order valence-corrected chi connectivity index (χ4v) is 1.42. The summed E-state index contributed by atoms with van der Waals surface area (Å²) in [6.07, 6.45) is 2.71. The Labute approximate surface area is 89.3 Å². The number of aromatic nitrogens is 3. The zero-order valence-corrected chi connectivity index (χ0v) is 9.49. The maximum Gasteiger partial charge on any atom is 0.244 e. The van der Waals surface area contributed by atoms with Crippen molar-refractivity contribution in [3.63, 3.8) is 0 Å². The van der Waals surface area contributed by atoms with E-state index in [0.29, 0.717) is 6.04 Å². The molecule has 1 heterocycles. The van der Waals surface area contributed by atoms with Crippen LogP contribution in [0.15, 0.2) is 6.20 Å². The lowest BCUT2D eigenvalue weighted by Gasteiger charge is -2.26. The molecule has 5 heteroatoms. The Bertz CT molecular complexity index is 290. The number of rotatable bonds is 4. The van der Waals surface area contributed by atoms with Crippen molar-refractivity contribution in [2.75, 3.05) is 11.4 Å². The molecule has 14 heavy (non-hydrogen) atoms. The first-order chi connectivity index (χ1) is 6.65. The van der Waals surface area contributed by atoms with Gasteiger partial charge in [0.15, 0.2) is 5.82 Å². The fraction of sp³-hybridized carbons (Fsp3) is 0.667. The molecular formula is C9H15ClN4. The molecule has 0 aliphatic rings. The highest BCUT2D eigenvalue weighted by molar-refractivity contribution is 6.28. The van der Waals surface area contributed by atoms with Crippen molar-refractivity contribution in [1.29, 1.82) is 0 Å². The first-order valence-corrected chi connectivity index (χ1v) is 5.14. The molecule has 1 aromatic rings. The minimum absolute atomic E-state index is 0.198. The zero-order chi connectivity index (χ0) is 10.6. The summed E-state index contributed by atoms with van der Waals surface area (Å²) >= 11 is 5.68. The van der Waals surface area contributed by atoms with E-state index in [2.05, 4.69) is 40.9 Å². The van der Waals surface area contributed by atoms with Crippen molar-refractivity contribution in [3.05, 3.63) is 11.5 Å². The van der Waals surface area contributed by atoms with Crippen LogP contribution in [0.5, 0.6) is 0 Å². The summed E-state index contributed by atoms with van der Waals surface area (Å²) in [5.41, 5.74) is 0. The van der Waals surface area contributed by atoms with E-state index < -0.39 is 0 Å². The average molecular weight is 215 g/mol. The lowest BCUT2D eigenvalue weighted by molar-refractivity contribution is 0.657. The van der Waals surface area contributed by atoms with Crippen LogP contribution in [0.4, 0.5) is 5.82 Å². The Morgan fingerprint density at radius 2 is 2.21 bits per heavy atom. The van der Waals surface area contributed by atoms with E-state index in [1.54, 1.807) is 6.20 Å². The number of nitrogens with zero attached hydrogens (tertiary/aromatic N) is 4. The molecule has 1 aromatic heterocycles. The number of halogens is 1. The van der Waals surface area contributed by atoms with Gasteiger partial charge < -0.3 is 4.90 Å². The van der Waals surface area contributed by atoms with Gasteiger partial charge in [-0.1, -0.05) is 6.92 Å². The second-order valence-electron chi connectivity index (χ2n) is 3.37. The summed E-state index contributed by atoms with van der Waals surface area (Å²) in [5.74, 6) is 0.793. The molecule has 1 rings (SSSR count). The van der Waals surface area contributed by atoms with Gasteiger partial charge in [-0.15, -0.1) is 5.10 Å². The first-order valence-electron chi connectivity index (χ1n) is 4.77. The minimum atomic E-state index is 0.198. The highest BCUT2D eigenvalue weighted by atomic mass is 35.5. The van der Waals surface area contributed by atoms with Gasteiger partial charge in [-0.05, 0) is 31.9 Å². The highest BCUT2D eigenvalue weighted by Crippen LogP contribution is 2.14. The van der Waals surface area contributed by atoms with Crippen molar-refractivity contribution in [1.82, 2.24) is 15.2 Å². The smallest absolute Gasteiger partial charge is 0.244 e. The maximum absolute atomic E-state index is 5.68. The molecule has 0 saturated heterocycles. The van der Waals surface area contributed by atoms with Gasteiger partial charge in [0, 0.05) is 12.6 Å². The molecule has 0 amide bonds. The van der Waals surface area contributed by atoms with E-state index in [9.17, 15) is 0 Å². The summed E-state index contributed by atoms with van der Waals surface area (Å²) < 4.78 is 0. The van der Waals surface area contributed by atoms with E-state index in [4.69, 9.17) is 11.6 Å². The third-order valence-electron chi connectivity index (χ3n) is 1.90. The van der Waals surface area contributed by atoms with Crippen LogP contribution in [0.25, 0.3) is 0 Å². The molecule has 0 aromatic carbocycles. The van der Waals surface area contributed by atoms with Crippen LogP contribution in [0.1, 0.15) is 27.2 Å². The van der Waals surface area contributed by atoms with Gasteiger partial charge in [0.25, 0.3) is 0 Å². The van der Waals surface area contributed by atoms with Gasteiger partial charge in [0.2, 0.25) is 5.28 Å². The second-order valence-corrected chi connectivity index (χ2v) is 3.71. The molecule has 0 N–H and O–H groups in total. The Morgan fingerprint density at radius 1 is 1.50 bits per heavy atom. The monoisotopic (exact) mass is 214 g/mol. The van der Waals surface area contributed by atoms with Crippen LogP contribution in [-0.4, -0.2) is 27.8 Å². The number of hydrogen-bond donors (Lipinski definition) is 0. The van der Waals surface area contributed by atoms with Crippen LogP contribution in [0.3, 0.4) is 0 Å². The molecule has 0 bridgehead atoms. The second kappa shape index (κ2) is 5.10. The van der Waals surface area contributed by atoms with Gasteiger partial charge in [0.1, 0.15) is 0 Å². The Kier molecular flexibility index (Phi) is 4.07. The summed E-state index contributed by atoms with van der Waals surface area (Å²) in [5, 5.41) is 7.60. The predicted molar refractivity (Wildman–Crippen MR) is 57.6 cm³/mol. The van der Waals surface area contributed by atoms with Gasteiger partial charge in [-0.25, -0.2) is 0 Å². The van der Waals surface area contributed by atoms with E-state index in [1.807, 2.05) is 0 Å². The molecule has 0 atom stereocenters. The van der Waals surface area contributed by atoms with Gasteiger partial charge >= 0.3 is 0 Å². The fourth-order valence-electron chi connectivity index (χ4n) is 1.29. The molecule has 0 aliphatic carbocycles. The lowest BCUT2D eigenvalue weighted by Crippen LogP contribution is -2.32. The Hall–Kier alpha value is -0.900. The summed E-state index contributed by atoms with van der Waals surface area (Å²) in [6, 6.07) is 0.391. The quantitative estimate of drug-likeness (QED) is 0.770. The van der Waals surface area contributed by atoms with E-state index in [0.717, 1.165) is 18.8 Å². The normalized spacial score (nSPS) is 10.6. The van der Waals surface area contributed by atoms with Crippen molar-refractivity contribution in [3.8, 4) is 0 Å². The zero-order valence-electron chi connectivity index (χ0n) is 8.74. The third kappa shape index (κ3) is 2.80. The summed E-state index contributed by atoms with van der Waals surface area (Å²) in [7, 11) is 0. The van der Waals surface area contributed by atoms with Crippen LogP contribution >= 0.6 is 11.6 Å². The summed E-state index contributed by atoms with van der Waals surface area (Å²) in [4.78, 5) is 6.28. The molecule has 0 saturated carbocycles. The Morgan fingerprint density at radius 3 is 2.71 bits per heavy atom. The maximum atomic E-state index is 5.68. The van der Waals surface area contributed by atoms with Crippen LogP contribution in [0, 0.1) is 0 Å². The topological polar surface area (TPSA) is 41.9 Å². The Balaban J connectivity index is 2.87. The molecule has 0 unspecified atom stereocenters. The minimum Gasteiger partial charge on any atom is -0.353 e. The molecule has 0 fully saturated rings.